The van der Waals surface area contributed by atoms with Crippen molar-refractivity contribution < 1.29 is 28.6 Å². The number of ether oxygens (including phenoxy) is 3. The summed E-state index contributed by atoms with van der Waals surface area (Å²) in [6, 6.07) is 6.37. The Morgan fingerprint density at radius 3 is 2.64 bits per heavy atom. The number of carbonyl (C=O) groups is 3. The molecular formula is C17H16N2O6. The Balaban J connectivity index is 1.54. The smallest absolute Gasteiger partial charge is 0.355 e. The molecule has 130 valence electrons. The van der Waals surface area contributed by atoms with Gasteiger partial charge in [0.05, 0.1) is 0 Å². The molecular weight excluding hydrogens is 328 g/mol. The molecule has 0 saturated heterocycles. The van der Waals surface area contributed by atoms with Gasteiger partial charge in [0.1, 0.15) is 18.9 Å². The number of hydrogen-bond donors (Lipinski definition) is 2. The first-order chi connectivity index (χ1) is 12.0. The first kappa shape index (κ1) is 16.6. The molecule has 0 saturated carbocycles. The predicted molar refractivity (Wildman–Crippen MR) is 87.1 cm³/mol. The molecule has 2 N–H and O–H groups in total. The maximum Gasteiger partial charge on any atom is 0.355 e. The summed E-state index contributed by atoms with van der Waals surface area (Å²) in [6.45, 7) is 1.86. The monoisotopic (exact) mass is 344 g/mol. The summed E-state index contributed by atoms with van der Waals surface area (Å²) in [5.41, 5.74) is 0.981. The van der Waals surface area contributed by atoms with Crippen LogP contribution in [0.15, 0.2) is 30.5 Å². The van der Waals surface area contributed by atoms with Crippen LogP contribution < -0.4 is 14.8 Å². The van der Waals surface area contributed by atoms with Crippen LogP contribution in [-0.4, -0.2) is 42.5 Å². The van der Waals surface area contributed by atoms with Gasteiger partial charge in [0.15, 0.2) is 23.9 Å². The minimum atomic E-state index is -0.718. The lowest BCUT2D eigenvalue weighted by atomic mass is 10.2. The van der Waals surface area contributed by atoms with Crippen molar-refractivity contribution in [1.82, 2.24) is 4.98 Å². The molecule has 3 rings (SSSR count). The highest BCUT2D eigenvalue weighted by atomic mass is 16.6. The fraction of sp³-hybridized carbons (Fsp3) is 0.235. The van der Waals surface area contributed by atoms with Crippen molar-refractivity contribution in [2.45, 2.75) is 6.92 Å². The summed E-state index contributed by atoms with van der Waals surface area (Å²) in [5, 5.41) is 2.61. The number of rotatable bonds is 5. The molecule has 0 atom stereocenters. The largest absolute Gasteiger partial charge is 0.486 e. The molecule has 1 aliphatic rings. The summed E-state index contributed by atoms with van der Waals surface area (Å²) in [7, 11) is 0. The van der Waals surface area contributed by atoms with E-state index in [2.05, 4.69) is 10.3 Å². The van der Waals surface area contributed by atoms with Gasteiger partial charge in [-0.1, -0.05) is 0 Å². The zero-order valence-corrected chi connectivity index (χ0v) is 13.5. The van der Waals surface area contributed by atoms with Gasteiger partial charge in [0.25, 0.3) is 5.91 Å². The van der Waals surface area contributed by atoms with Crippen LogP contribution in [0.4, 0.5) is 5.69 Å². The van der Waals surface area contributed by atoms with Crippen molar-refractivity contribution in [2.75, 3.05) is 25.1 Å². The Morgan fingerprint density at radius 2 is 1.92 bits per heavy atom. The number of nitrogens with one attached hydrogen (secondary N) is 2. The molecule has 25 heavy (non-hydrogen) atoms. The summed E-state index contributed by atoms with van der Waals surface area (Å²) in [4.78, 5) is 37.6. The highest BCUT2D eigenvalue weighted by Gasteiger charge is 2.15. The second-order valence-electron chi connectivity index (χ2n) is 5.34. The number of ketones is 1. The molecule has 0 aliphatic carbocycles. The van der Waals surface area contributed by atoms with Crippen molar-refractivity contribution in [3.63, 3.8) is 0 Å². The summed E-state index contributed by atoms with van der Waals surface area (Å²) in [6.07, 6.45) is 1.41. The number of aromatic amines is 1. The van der Waals surface area contributed by atoms with E-state index in [1.807, 2.05) is 0 Å². The maximum atomic E-state index is 11.9. The quantitative estimate of drug-likeness (QED) is 0.632. The van der Waals surface area contributed by atoms with Gasteiger partial charge in [-0.3, -0.25) is 9.59 Å². The second kappa shape index (κ2) is 7.08. The third-order valence-corrected chi connectivity index (χ3v) is 3.47. The normalized spacial score (nSPS) is 12.4. The Kier molecular flexibility index (Phi) is 4.69. The van der Waals surface area contributed by atoms with Crippen molar-refractivity contribution in [2.24, 2.45) is 0 Å². The number of fused-ring (bicyclic) bond motifs is 1. The van der Waals surface area contributed by atoms with Gasteiger partial charge in [-0.15, -0.1) is 0 Å². The molecule has 0 fully saturated rings. The molecule has 1 aromatic heterocycles. The van der Waals surface area contributed by atoms with E-state index < -0.39 is 18.5 Å². The SMILES string of the molecule is CC(=O)c1c[nH]c(C(=O)OCC(=O)Nc2ccc3c(c2)OCCO3)c1. The summed E-state index contributed by atoms with van der Waals surface area (Å²) < 4.78 is 15.7. The fourth-order valence-electron chi connectivity index (χ4n) is 2.24. The number of aromatic nitrogens is 1. The number of Topliss-reactive ketones (excluding diaryl/α,β-unsaturated/α-hetero) is 1. The molecule has 0 spiro atoms. The molecule has 0 unspecified atom stereocenters. The van der Waals surface area contributed by atoms with Crippen LogP contribution >= 0.6 is 0 Å². The topological polar surface area (TPSA) is 107 Å². The van der Waals surface area contributed by atoms with Gasteiger partial charge >= 0.3 is 5.97 Å². The number of hydrogen-bond acceptors (Lipinski definition) is 6. The highest BCUT2D eigenvalue weighted by Crippen LogP contribution is 2.32. The van der Waals surface area contributed by atoms with E-state index >= 15 is 0 Å². The van der Waals surface area contributed by atoms with Crippen LogP contribution in [0.1, 0.15) is 27.8 Å². The number of amides is 1. The lowest BCUT2D eigenvalue weighted by molar-refractivity contribution is -0.119. The molecule has 1 aliphatic heterocycles. The van der Waals surface area contributed by atoms with E-state index in [0.29, 0.717) is 36.0 Å². The van der Waals surface area contributed by atoms with Crippen LogP contribution in [0.5, 0.6) is 11.5 Å². The van der Waals surface area contributed by atoms with Crippen LogP contribution in [-0.2, 0) is 9.53 Å². The average molecular weight is 344 g/mol. The van der Waals surface area contributed by atoms with Crippen LogP contribution in [0, 0.1) is 0 Å². The van der Waals surface area contributed by atoms with E-state index in [9.17, 15) is 14.4 Å². The van der Waals surface area contributed by atoms with Crippen LogP contribution in [0.25, 0.3) is 0 Å². The van der Waals surface area contributed by atoms with E-state index in [4.69, 9.17) is 14.2 Å². The average Bonchev–Trinajstić information content (AvgIpc) is 3.10. The third kappa shape index (κ3) is 3.97. The maximum absolute atomic E-state index is 11.9. The zero-order chi connectivity index (χ0) is 17.8. The predicted octanol–water partition coefficient (Wildman–Crippen LogP) is 1.78. The van der Waals surface area contributed by atoms with Gasteiger partial charge in [-0.05, 0) is 25.1 Å². The van der Waals surface area contributed by atoms with Gasteiger partial charge < -0.3 is 24.5 Å². The van der Waals surface area contributed by atoms with E-state index in [0.717, 1.165) is 0 Å². The van der Waals surface area contributed by atoms with Gasteiger partial charge in [0.2, 0.25) is 0 Å². The van der Waals surface area contributed by atoms with E-state index in [1.54, 1.807) is 18.2 Å². The van der Waals surface area contributed by atoms with Crippen molar-refractivity contribution >= 4 is 23.3 Å². The van der Waals surface area contributed by atoms with Gasteiger partial charge in [-0.2, -0.15) is 0 Å². The van der Waals surface area contributed by atoms with Crippen molar-refractivity contribution in [1.29, 1.82) is 0 Å². The Hall–Kier alpha value is -3.29. The van der Waals surface area contributed by atoms with Crippen molar-refractivity contribution in [3.8, 4) is 11.5 Å². The number of esters is 1. The first-order valence-corrected chi connectivity index (χ1v) is 7.59. The molecule has 2 aromatic rings. The number of anilines is 1. The summed E-state index contributed by atoms with van der Waals surface area (Å²) in [5.74, 6) is -0.229. The molecule has 0 bridgehead atoms. The molecule has 0 radical (unpaired) electrons. The molecule has 1 aromatic carbocycles. The van der Waals surface area contributed by atoms with Gasteiger partial charge in [-0.25, -0.2) is 4.79 Å². The Morgan fingerprint density at radius 1 is 1.16 bits per heavy atom. The standard InChI is InChI=1S/C17H16N2O6/c1-10(20)11-6-13(18-8-11)17(22)25-9-16(21)19-12-2-3-14-15(7-12)24-5-4-23-14/h2-3,6-8,18H,4-5,9H2,1H3,(H,19,21). The molecule has 1 amide bonds. The zero-order valence-electron chi connectivity index (χ0n) is 13.5. The van der Waals surface area contributed by atoms with E-state index in [-0.39, 0.29) is 11.5 Å². The lowest BCUT2D eigenvalue weighted by Gasteiger charge is -2.18. The third-order valence-electron chi connectivity index (χ3n) is 3.47. The summed E-state index contributed by atoms with van der Waals surface area (Å²) >= 11 is 0. The number of carbonyl (C=O) groups excluding carboxylic acids is 3. The van der Waals surface area contributed by atoms with Crippen LogP contribution in [0.2, 0.25) is 0 Å². The second-order valence-corrected chi connectivity index (χ2v) is 5.34. The Labute approximate surface area is 143 Å². The Bertz CT molecular complexity index is 826. The molecule has 8 nitrogen and oxygen atoms in total. The lowest BCUT2D eigenvalue weighted by Crippen LogP contribution is -2.21. The first-order valence-electron chi connectivity index (χ1n) is 7.59. The minimum absolute atomic E-state index is 0.109. The molecule has 8 heteroatoms. The van der Waals surface area contributed by atoms with Crippen molar-refractivity contribution in [3.05, 3.63) is 41.7 Å². The molecule has 2 heterocycles. The number of benzene rings is 1. The van der Waals surface area contributed by atoms with Gasteiger partial charge in [0, 0.05) is 23.5 Å². The fourth-order valence-corrected chi connectivity index (χ4v) is 2.24. The highest BCUT2D eigenvalue weighted by molar-refractivity contribution is 5.98. The number of H-pyrrole nitrogens is 1. The van der Waals surface area contributed by atoms with E-state index in [1.165, 1.54) is 19.2 Å². The van der Waals surface area contributed by atoms with Crippen LogP contribution in [0.3, 0.4) is 0 Å². The minimum Gasteiger partial charge on any atom is -0.486 e.